The lowest BCUT2D eigenvalue weighted by Crippen LogP contribution is -2.39. The van der Waals surface area contributed by atoms with E-state index in [9.17, 15) is 9.59 Å². The third-order valence-electron chi connectivity index (χ3n) is 6.67. The summed E-state index contributed by atoms with van der Waals surface area (Å²) in [5.41, 5.74) is 4.11. The Morgan fingerprint density at radius 1 is 0.889 bits per heavy atom. The van der Waals surface area contributed by atoms with Gasteiger partial charge in [0.05, 0.1) is 20.8 Å². The Morgan fingerprint density at radius 2 is 1.58 bits per heavy atom. The molecule has 0 amide bonds. The second-order valence-corrected chi connectivity index (χ2v) is 9.03. The maximum atomic E-state index is 13.5. The van der Waals surface area contributed by atoms with E-state index in [1.54, 1.807) is 25.7 Å². The first-order valence-electron chi connectivity index (χ1n) is 11.8. The lowest BCUT2D eigenvalue weighted by molar-refractivity contribution is 0.354. The Bertz CT molecular complexity index is 1700. The third kappa shape index (κ3) is 3.86. The van der Waals surface area contributed by atoms with Crippen LogP contribution in [0.2, 0.25) is 0 Å². The van der Waals surface area contributed by atoms with Crippen molar-refractivity contribution in [3.63, 3.8) is 0 Å². The highest BCUT2D eigenvalue weighted by Gasteiger charge is 2.20. The maximum absolute atomic E-state index is 13.5. The van der Waals surface area contributed by atoms with Gasteiger partial charge < -0.3 is 14.0 Å². The van der Waals surface area contributed by atoms with Crippen molar-refractivity contribution < 1.29 is 9.47 Å². The number of hydrogen-bond donors (Lipinski definition) is 0. The van der Waals surface area contributed by atoms with E-state index in [0.717, 1.165) is 28.8 Å². The molecule has 186 valence electrons. The van der Waals surface area contributed by atoms with Gasteiger partial charge in [-0.25, -0.2) is 4.79 Å². The Balaban J connectivity index is 1.56. The van der Waals surface area contributed by atoms with Gasteiger partial charge in [-0.2, -0.15) is 4.98 Å². The van der Waals surface area contributed by atoms with E-state index in [4.69, 9.17) is 14.5 Å². The molecule has 9 nitrogen and oxygen atoms in total. The molecule has 5 rings (SSSR count). The predicted octanol–water partition coefficient (Wildman–Crippen LogP) is 3.07. The van der Waals surface area contributed by atoms with Crippen LogP contribution in [0.1, 0.15) is 22.4 Å². The minimum Gasteiger partial charge on any atom is -0.493 e. The van der Waals surface area contributed by atoms with E-state index >= 15 is 0 Å². The first-order chi connectivity index (χ1) is 17.3. The smallest absolute Gasteiger partial charge is 0.332 e. The van der Waals surface area contributed by atoms with Gasteiger partial charge in [0, 0.05) is 25.5 Å². The molecule has 0 radical (unpaired) electrons. The summed E-state index contributed by atoms with van der Waals surface area (Å²) >= 11 is 0. The largest absolute Gasteiger partial charge is 0.493 e. The predicted molar refractivity (Wildman–Crippen MR) is 138 cm³/mol. The number of nitrogens with zero attached hydrogens (tertiary/aromatic N) is 5. The molecule has 0 atom stereocenters. The van der Waals surface area contributed by atoms with Gasteiger partial charge in [0.2, 0.25) is 5.78 Å². The zero-order chi connectivity index (χ0) is 25.6. The van der Waals surface area contributed by atoms with E-state index in [2.05, 4.69) is 4.57 Å². The van der Waals surface area contributed by atoms with Crippen molar-refractivity contribution in [2.24, 2.45) is 7.05 Å². The van der Waals surface area contributed by atoms with E-state index in [-0.39, 0.29) is 17.8 Å². The molecule has 0 bridgehead atoms. The topological polar surface area (TPSA) is 84.7 Å². The van der Waals surface area contributed by atoms with Crippen molar-refractivity contribution in [3.05, 3.63) is 91.9 Å². The van der Waals surface area contributed by atoms with Crippen molar-refractivity contribution in [2.45, 2.75) is 33.4 Å². The molecule has 3 aromatic heterocycles. The number of aromatic nitrogens is 5. The Labute approximate surface area is 207 Å². The highest BCUT2D eigenvalue weighted by Crippen LogP contribution is 2.28. The van der Waals surface area contributed by atoms with E-state index in [1.807, 2.05) is 62.5 Å². The highest BCUT2D eigenvalue weighted by molar-refractivity contribution is 5.75. The van der Waals surface area contributed by atoms with Crippen molar-refractivity contribution in [1.29, 1.82) is 0 Å². The zero-order valence-electron chi connectivity index (χ0n) is 21.1. The minimum atomic E-state index is -0.387. The minimum absolute atomic E-state index is 0.202. The molecular weight excluding hydrogens is 458 g/mol. The van der Waals surface area contributed by atoms with Crippen LogP contribution in [0, 0.1) is 13.8 Å². The molecule has 0 saturated heterocycles. The highest BCUT2D eigenvalue weighted by atomic mass is 16.5. The molecule has 0 aliphatic rings. The van der Waals surface area contributed by atoms with Crippen LogP contribution in [0.15, 0.2) is 58.3 Å². The van der Waals surface area contributed by atoms with Crippen LogP contribution >= 0.6 is 0 Å². The summed E-state index contributed by atoms with van der Waals surface area (Å²) in [7, 11) is 4.89. The van der Waals surface area contributed by atoms with Gasteiger partial charge in [-0.15, -0.1) is 0 Å². The van der Waals surface area contributed by atoms with E-state index in [0.29, 0.717) is 35.0 Å². The molecule has 9 heteroatoms. The van der Waals surface area contributed by atoms with Crippen LogP contribution in [0.4, 0.5) is 0 Å². The monoisotopic (exact) mass is 487 g/mol. The molecule has 0 aliphatic carbocycles. The molecule has 5 aromatic rings. The molecule has 0 N–H and O–H groups in total. The summed E-state index contributed by atoms with van der Waals surface area (Å²) in [5.74, 6) is 1.99. The Hall–Kier alpha value is -4.27. The van der Waals surface area contributed by atoms with Crippen LogP contribution in [-0.2, 0) is 26.6 Å². The van der Waals surface area contributed by atoms with Crippen LogP contribution in [0.3, 0.4) is 0 Å². The molecule has 0 aliphatic heterocycles. The zero-order valence-corrected chi connectivity index (χ0v) is 21.1. The first-order valence-corrected chi connectivity index (χ1v) is 11.8. The summed E-state index contributed by atoms with van der Waals surface area (Å²) in [6.45, 7) is 4.84. The maximum Gasteiger partial charge on any atom is 0.332 e. The van der Waals surface area contributed by atoms with E-state index < -0.39 is 0 Å². The summed E-state index contributed by atoms with van der Waals surface area (Å²) in [4.78, 5) is 31.4. The molecule has 0 fully saturated rings. The van der Waals surface area contributed by atoms with E-state index in [1.165, 1.54) is 9.13 Å². The van der Waals surface area contributed by atoms with Crippen LogP contribution in [-0.4, -0.2) is 37.3 Å². The van der Waals surface area contributed by atoms with Crippen molar-refractivity contribution in [3.8, 4) is 11.5 Å². The lowest BCUT2D eigenvalue weighted by atomic mass is 10.1. The van der Waals surface area contributed by atoms with Gasteiger partial charge in [-0.05, 0) is 43.5 Å². The first kappa shape index (κ1) is 23.5. The number of hydrogen-bond acceptors (Lipinski definition) is 5. The molecule has 0 unspecified atom stereocenters. The van der Waals surface area contributed by atoms with Crippen LogP contribution in [0.25, 0.3) is 16.9 Å². The Kier molecular flexibility index (Phi) is 5.91. The molecule has 0 saturated carbocycles. The van der Waals surface area contributed by atoms with Gasteiger partial charge in [0.25, 0.3) is 5.56 Å². The number of methoxy groups -OCH3 is 2. The second kappa shape index (κ2) is 9.07. The number of rotatable bonds is 7. The Morgan fingerprint density at radius 3 is 2.28 bits per heavy atom. The molecule has 2 aromatic carbocycles. The average molecular weight is 488 g/mol. The van der Waals surface area contributed by atoms with Crippen molar-refractivity contribution >= 4 is 16.9 Å². The summed E-state index contributed by atoms with van der Waals surface area (Å²) in [6.07, 6.45) is 2.63. The number of ether oxygens (including phenoxy) is 2. The fraction of sp³-hybridized carbons (Fsp3) is 0.296. The quantitative estimate of drug-likeness (QED) is 0.352. The fourth-order valence-electron chi connectivity index (χ4n) is 4.62. The summed E-state index contributed by atoms with van der Waals surface area (Å²) in [5, 5.41) is 0. The molecule has 3 heterocycles. The van der Waals surface area contributed by atoms with Crippen LogP contribution in [0.5, 0.6) is 11.5 Å². The summed E-state index contributed by atoms with van der Waals surface area (Å²) < 4.78 is 17.3. The number of imidazole rings is 2. The normalized spacial score (nSPS) is 11.5. The van der Waals surface area contributed by atoms with Gasteiger partial charge in [-0.3, -0.25) is 18.3 Å². The fourth-order valence-corrected chi connectivity index (χ4v) is 4.62. The average Bonchev–Trinajstić information content (AvgIpc) is 3.39. The molecule has 0 spiro atoms. The number of fused-ring (bicyclic) bond motifs is 3. The molecular formula is C27H29N5O4. The summed E-state index contributed by atoms with van der Waals surface area (Å²) in [6, 6.07) is 13.7. The van der Waals surface area contributed by atoms with Gasteiger partial charge in [0.1, 0.15) is 0 Å². The third-order valence-corrected chi connectivity index (χ3v) is 6.67. The SMILES string of the molecule is COc1ccc(CCn2c(C)cn3c4c(=O)n(Cc5ccc(C)cc5)c(=O)n(C)c4nc23)cc1OC. The molecule has 36 heavy (non-hydrogen) atoms. The van der Waals surface area contributed by atoms with Gasteiger partial charge in [-0.1, -0.05) is 35.9 Å². The van der Waals surface area contributed by atoms with Gasteiger partial charge in [0.15, 0.2) is 22.7 Å². The lowest BCUT2D eigenvalue weighted by Gasteiger charge is -2.10. The number of benzene rings is 2. The van der Waals surface area contributed by atoms with Crippen molar-refractivity contribution in [1.82, 2.24) is 23.1 Å². The number of aryl methyl sites for hydroxylation is 5. The van der Waals surface area contributed by atoms with Crippen molar-refractivity contribution in [2.75, 3.05) is 14.2 Å². The van der Waals surface area contributed by atoms with Gasteiger partial charge >= 0.3 is 5.69 Å². The second-order valence-electron chi connectivity index (χ2n) is 9.03. The standard InChI is InChI=1S/C27H29N5O4/c1-17-6-8-20(9-7-17)16-32-25(33)23-24(29(3)27(32)34)28-26-30(18(2)15-31(23)26)13-12-19-10-11-21(35-4)22(14-19)36-5/h6-11,14-15H,12-13,16H2,1-5H3. The van der Waals surface area contributed by atoms with Crippen LogP contribution < -0.4 is 20.7 Å².